The molecular weight excluding hydrogens is 448 g/mol. The summed E-state index contributed by atoms with van der Waals surface area (Å²) in [6, 6.07) is 0. The van der Waals surface area contributed by atoms with Crippen molar-refractivity contribution in [3.63, 3.8) is 0 Å². The quantitative estimate of drug-likeness (QED) is 0.579. The van der Waals surface area contributed by atoms with Crippen molar-refractivity contribution in [1.29, 1.82) is 0 Å². The van der Waals surface area contributed by atoms with Crippen molar-refractivity contribution < 1.29 is 18.7 Å². The fourth-order valence-corrected chi connectivity index (χ4v) is 4.86. The van der Waals surface area contributed by atoms with E-state index in [2.05, 4.69) is 36.1 Å². The number of rotatable bonds is 5. The second-order valence-electron chi connectivity index (χ2n) is 9.90. The van der Waals surface area contributed by atoms with Crippen LogP contribution in [-0.4, -0.2) is 45.6 Å². The maximum atomic E-state index is 12.8. The highest BCUT2D eigenvalue weighted by Gasteiger charge is 2.31. The number of thioether (sulfide) groups is 1. The number of carbonyl (C=O) groups excluding carboxylic acids is 2. The molecule has 2 amide bonds. The summed E-state index contributed by atoms with van der Waals surface area (Å²) in [5.41, 5.74) is -0.628. The van der Waals surface area contributed by atoms with Gasteiger partial charge >= 0.3 is 6.09 Å². The van der Waals surface area contributed by atoms with Crippen LogP contribution in [0.1, 0.15) is 66.0 Å². The zero-order valence-corrected chi connectivity index (χ0v) is 21.2. The Morgan fingerprint density at radius 1 is 1.25 bits per heavy atom. The molecule has 0 aromatic carbocycles. The number of anilines is 1. The summed E-state index contributed by atoms with van der Waals surface area (Å²) in [5.74, 6) is 1.73. The molecule has 10 heteroatoms. The highest BCUT2D eigenvalue weighted by molar-refractivity contribution is 8.00. The van der Waals surface area contributed by atoms with Crippen molar-refractivity contribution >= 4 is 40.2 Å². The van der Waals surface area contributed by atoms with Crippen molar-refractivity contribution in [2.24, 2.45) is 5.92 Å². The summed E-state index contributed by atoms with van der Waals surface area (Å²) in [7, 11) is 0. The van der Waals surface area contributed by atoms with Crippen molar-refractivity contribution in [2.45, 2.75) is 75.4 Å². The van der Waals surface area contributed by atoms with Crippen LogP contribution in [0.15, 0.2) is 21.0 Å². The Labute approximate surface area is 197 Å². The van der Waals surface area contributed by atoms with Crippen LogP contribution in [-0.2, 0) is 20.7 Å². The lowest BCUT2D eigenvalue weighted by Crippen LogP contribution is -2.45. The Bertz CT molecular complexity index is 942. The molecule has 2 aromatic heterocycles. The average Bonchev–Trinajstić information content (AvgIpc) is 3.34. The van der Waals surface area contributed by atoms with E-state index in [9.17, 15) is 9.59 Å². The van der Waals surface area contributed by atoms with Gasteiger partial charge in [-0.3, -0.25) is 4.79 Å². The van der Waals surface area contributed by atoms with Crippen LogP contribution in [0.25, 0.3) is 0 Å². The lowest BCUT2D eigenvalue weighted by Gasteiger charge is -2.33. The molecule has 1 aliphatic heterocycles. The Morgan fingerprint density at radius 3 is 2.66 bits per heavy atom. The molecule has 32 heavy (non-hydrogen) atoms. The van der Waals surface area contributed by atoms with Gasteiger partial charge in [0.05, 0.1) is 28.3 Å². The maximum absolute atomic E-state index is 12.8. The minimum Gasteiger partial charge on any atom is -0.444 e. The number of nitrogens with one attached hydrogen (secondary N) is 1. The van der Waals surface area contributed by atoms with Crippen LogP contribution in [0, 0.1) is 5.92 Å². The fourth-order valence-electron chi connectivity index (χ4n) is 3.13. The highest BCUT2D eigenvalue weighted by atomic mass is 32.2. The number of ether oxygens (including phenoxy) is 1. The summed E-state index contributed by atoms with van der Waals surface area (Å²) in [5, 5.41) is 3.45. The molecule has 3 rings (SSSR count). The van der Waals surface area contributed by atoms with E-state index >= 15 is 0 Å². The summed E-state index contributed by atoms with van der Waals surface area (Å²) in [4.78, 5) is 35.4. The second-order valence-corrected chi connectivity index (χ2v) is 12.2. The predicted molar refractivity (Wildman–Crippen MR) is 126 cm³/mol. The molecule has 0 aliphatic carbocycles. The number of carbonyl (C=O) groups is 2. The molecule has 1 aliphatic rings. The van der Waals surface area contributed by atoms with Gasteiger partial charge in [-0.25, -0.2) is 14.8 Å². The van der Waals surface area contributed by atoms with E-state index in [1.807, 2.05) is 20.8 Å². The standard InChI is InChI=1S/C22H32N4O4S2/c1-21(2,3)15-10-23-16(29-15)13-31-17-11-24-19(32-17)25-18(27)14-8-7-9-26(12-14)20(28)30-22(4,5)6/h10-11,14H,7-9,12-13H2,1-6H3,(H,24,25,27). The van der Waals surface area contributed by atoms with Gasteiger partial charge in [-0.15, -0.1) is 11.8 Å². The fraction of sp³-hybridized carbons (Fsp3) is 0.636. The summed E-state index contributed by atoms with van der Waals surface area (Å²) >= 11 is 2.99. The Balaban J connectivity index is 1.50. The van der Waals surface area contributed by atoms with Crippen LogP contribution in [0.5, 0.6) is 0 Å². The number of nitrogens with zero attached hydrogens (tertiary/aromatic N) is 3. The molecule has 0 radical (unpaired) electrons. The van der Waals surface area contributed by atoms with Gasteiger partial charge < -0.3 is 19.4 Å². The van der Waals surface area contributed by atoms with Gasteiger partial charge in [0.2, 0.25) is 11.8 Å². The van der Waals surface area contributed by atoms with E-state index in [1.54, 1.807) is 29.1 Å². The molecule has 8 nitrogen and oxygen atoms in total. The van der Waals surface area contributed by atoms with Crippen molar-refractivity contribution in [2.75, 3.05) is 18.4 Å². The number of likely N-dealkylation sites (tertiary alicyclic amines) is 1. The van der Waals surface area contributed by atoms with E-state index < -0.39 is 5.60 Å². The third kappa shape index (κ3) is 6.96. The number of aromatic nitrogens is 2. The topological polar surface area (TPSA) is 97.6 Å². The SMILES string of the molecule is CC(C)(C)OC(=O)N1CCCC(C(=O)Nc2ncc(SCc3ncc(C(C)(C)C)o3)s2)C1. The van der Waals surface area contributed by atoms with Crippen LogP contribution >= 0.6 is 23.1 Å². The minimum absolute atomic E-state index is 0.0734. The van der Waals surface area contributed by atoms with Gasteiger partial charge in [-0.1, -0.05) is 32.1 Å². The van der Waals surface area contributed by atoms with Crippen molar-refractivity contribution in [3.05, 3.63) is 24.0 Å². The van der Waals surface area contributed by atoms with Gasteiger partial charge in [0.1, 0.15) is 11.4 Å². The van der Waals surface area contributed by atoms with Crippen LogP contribution < -0.4 is 5.32 Å². The van der Waals surface area contributed by atoms with Crippen LogP contribution in [0.4, 0.5) is 9.93 Å². The lowest BCUT2D eigenvalue weighted by atomic mass is 9.94. The Hall–Kier alpha value is -2.07. The number of hydrogen-bond acceptors (Lipinski definition) is 8. The third-order valence-corrected chi connectivity index (χ3v) is 6.88. The molecule has 176 valence electrons. The van der Waals surface area contributed by atoms with Gasteiger partial charge in [0.25, 0.3) is 0 Å². The first-order chi connectivity index (χ1) is 14.9. The molecule has 1 fully saturated rings. The minimum atomic E-state index is -0.555. The largest absolute Gasteiger partial charge is 0.444 e. The number of amides is 2. The molecule has 2 aromatic rings. The van der Waals surface area contributed by atoms with Crippen molar-refractivity contribution in [3.8, 4) is 0 Å². The van der Waals surface area contributed by atoms with E-state index in [1.165, 1.54) is 11.3 Å². The van der Waals surface area contributed by atoms with Gasteiger partial charge in [-0.05, 0) is 33.6 Å². The predicted octanol–water partition coefficient (Wildman–Crippen LogP) is 5.31. The zero-order chi connectivity index (χ0) is 23.5. The number of hydrogen-bond donors (Lipinski definition) is 1. The normalized spacial score (nSPS) is 17.3. The zero-order valence-electron chi connectivity index (χ0n) is 19.6. The van der Waals surface area contributed by atoms with Crippen molar-refractivity contribution in [1.82, 2.24) is 14.9 Å². The Morgan fingerprint density at radius 2 is 2.00 bits per heavy atom. The van der Waals surface area contributed by atoms with E-state index in [-0.39, 0.29) is 23.3 Å². The molecule has 1 N–H and O–H groups in total. The molecule has 0 spiro atoms. The second kappa shape index (κ2) is 9.82. The lowest BCUT2D eigenvalue weighted by molar-refractivity contribution is -0.121. The van der Waals surface area contributed by atoms with Crippen LogP contribution in [0.3, 0.4) is 0 Å². The van der Waals surface area contributed by atoms with E-state index in [0.717, 1.165) is 22.8 Å². The molecule has 1 saturated heterocycles. The number of thiazole rings is 1. The summed E-state index contributed by atoms with van der Waals surface area (Å²) < 4.78 is 12.2. The molecule has 0 bridgehead atoms. The Kier molecular flexibility index (Phi) is 7.54. The summed E-state index contributed by atoms with van der Waals surface area (Å²) in [6.45, 7) is 12.7. The third-order valence-electron chi connectivity index (χ3n) is 4.79. The monoisotopic (exact) mass is 480 g/mol. The molecule has 1 atom stereocenters. The van der Waals surface area contributed by atoms with E-state index in [4.69, 9.17) is 9.15 Å². The summed E-state index contributed by atoms with van der Waals surface area (Å²) in [6.07, 6.45) is 4.65. The van der Waals surface area contributed by atoms with Gasteiger partial charge in [0.15, 0.2) is 5.13 Å². The van der Waals surface area contributed by atoms with Gasteiger partial charge in [0, 0.05) is 18.5 Å². The maximum Gasteiger partial charge on any atom is 0.410 e. The number of piperidine rings is 1. The molecule has 3 heterocycles. The first kappa shape index (κ1) is 24.6. The molecule has 0 saturated carbocycles. The first-order valence-electron chi connectivity index (χ1n) is 10.7. The average molecular weight is 481 g/mol. The molecule has 1 unspecified atom stereocenters. The van der Waals surface area contributed by atoms with E-state index in [0.29, 0.717) is 29.9 Å². The van der Waals surface area contributed by atoms with Gasteiger partial charge in [-0.2, -0.15) is 0 Å². The first-order valence-corrected chi connectivity index (χ1v) is 12.5. The molecular formula is C22H32N4O4S2. The smallest absolute Gasteiger partial charge is 0.410 e. The highest BCUT2D eigenvalue weighted by Crippen LogP contribution is 2.32. The van der Waals surface area contributed by atoms with Crippen LogP contribution in [0.2, 0.25) is 0 Å². The number of oxazole rings is 1.